The summed E-state index contributed by atoms with van der Waals surface area (Å²) >= 11 is 7.33. The van der Waals surface area contributed by atoms with E-state index >= 15 is 0 Å². The summed E-state index contributed by atoms with van der Waals surface area (Å²) in [5, 5.41) is 11.2. The molecule has 0 radical (unpaired) electrons. The number of anilines is 1. The quantitative estimate of drug-likeness (QED) is 0.476. The third-order valence-electron chi connectivity index (χ3n) is 4.90. The van der Waals surface area contributed by atoms with Crippen LogP contribution in [-0.2, 0) is 18.7 Å². The summed E-state index contributed by atoms with van der Waals surface area (Å²) in [5.41, 5.74) is 11.4. The number of para-hydroxylation sites is 1. The molecule has 0 amide bonds. The van der Waals surface area contributed by atoms with E-state index in [4.69, 9.17) is 18.0 Å². The molecular weight excluding hydrogens is 362 g/mol. The van der Waals surface area contributed by atoms with E-state index in [1.165, 1.54) is 22.2 Å². The molecule has 26 heavy (non-hydrogen) atoms. The Kier molecular flexibility index (Phi) is 4.89. The zero-order chi connectivity index (χ0) is 18.1. The van der Waals surface area contributed by atoms with Crippen molar-refractivity contribution in [1.29, 1.82) is 0 Å². The maximum atomic E-state index is 9.93. The van der Waals surface area contributed by atoms with Gasteiger partial charge in [-0.2, -0.15) is 0 Å². The van der Waals surface area contributed by atoms with Crippen molar-refractivity contribution in [3.05, 3.63) is 65.4 Å². The number of benzene rings is 2. The van der Waals surface area contributed by atoms with Crippen molar-refractivity contribution >= 4 is 44.9 Å². The highest BCUT2D eigenvalue weighted by molar-refractivity contribution is 8.22. The highest BCUT2D eigenvalue weighted by atomic mass is 32.2. The van der Waals surface area contributed by atoms with Gasteiger partial charge in [0.15, 0.2) is 0 Å². The van der Waals surface area contributed by atoms with Crippen LogP contribution in [0.25, 0.3) is 10.9 Å². The second-order valence-corrected chi connectivity index (χ2v) is 8.20. The molecule has 4 N–H and O–H groups in total. The Morgan fingerprint density at radius 3 is 2.77 bits per heavy atom. The lowest BCUT2D eigenvalue weighted by atomic mass is 9.98. The van der Waals surface area contributed by atoms with Crippen molar-refractivity contribution in [3.63, 3.8) is 0 Å². The topological polar surface area (TPSA) is 65.3 Å². The van der Waals surface area contributed by atoms with Crippen LogP contribution in [0.4, 0.5) is 5.69 Å². The van der Waals surface area contributed by atoms with Crippen molar-refractivity contribution in [2.24, 2.45) is 0 Å². The number of aromatic nitrogens is 1. The zero-order valence-electron chi connectivity index (χ0n) is 14.3. The maximum Gasteiger partial charge on any atom is 0.137 e. The number of hydrogen-bond donors (Lipinski definition) is 3. The molecule has 1 aliphatic rings. The summed E-state index contributed by atoms with van der Waals surface area (Å²) in [5.74, 6) is 0.799. The lowest BCUT2D eigenvalue weighted by Gasteiger charge is -2.36. The number of aliphatic hydroxyl groups excluding tert-OH is 1. The molecule has 0 aliphatic carbocycles. The van der Waals surface area contributed by atoms with E-state index in [2.05, 4.69) is 28.1 Å². The van der Waals surface area contributed by atoms with Gasteiger partial charge < -0.3 is 20.7 Å². The van der Waals surface area contributed by atoms with Crippen molar-refractivity contribution in [2.45, 2.75) is 24.8 Å². The molecule has 0 saturated carbocycles. The third-order valence-corrected chi connectivity index (χ3v) is 6.45. The Bertz CT molecular complexity index is 936. The number of nitrogens with two attached hydrogens (primary N) is 1. The number of H-pyrrole nitrogens is 1. The second kappa shape index (κ2) is 7.31. The fraction of sp³-hybridized carbons (Fsp3) is 0.250. The summed E-state index contributed by atoms with van der Waals surface area (Å²) < 4.78 is 0.824. The molecule has 2 heterocycles. The molecule has 0 spiro atoms. The first-order valence-corrected chi connectivity index (χ1v) is 10.0. The average molecular weight is 384 g/mol. The first-order valence-electron chi connectivity index (χ1n) is 8.63. The third kappa shape index (κ3) is 3.32. The first kappa shape index (κ1) is 17.4. The van der Waals surface area contributed by atoms with Crippen LogP contribution in [0.5, 0.6) is 0 Å². The maximum absolute atomic E-state index is 9.93. The van der Waals surface area contributed by atoms with Gasteiger partial charge in [-0.05, 0) is 35.7 Å². The number of thiocarbonyl (C=S) groups is 1. The molecule has 0 bridgehead atoms. The van der Waals surface area contributed by atoms with E-state index < -0.39 is 0 Å². The van der Waals surface area contributed by atoms with Gasteiger partial charge in [0.25, 0.3) is 0 Å². The summed E-state index contributed by atoms with van der Waals surface area (Å²) in [6.45, 7) is 0.810. The summed E-state index contributed by atoms with van der Waals surface area (Å²) in [4.78, 5) is 5.67. The lowest BCUT2D eigenvalue weighted by molar-refractivity contribution is 0.169. The molecule has 0 unspecified atom stereocenters. The predicted molar refractivity (Wildman–Crippen MR) is 113 cm³/mol. The number of nitrogens with zero attached hydrogens (tertiary/aromatic N) is 1. The minimum Gasteiger partial charge on any atom is -0.399 e. The molecule has 3 aromatic rings. The number of fused-ring (bicyclic) bond motifs is 3. The first-order chi connectivity index (χ1) is 12.7. The molecule has 4 nitrogen and oxygen atoms in total. The Balaban J connectivity index is 1.52. The largest absolute Gasteiger partial charge is 0.399 e. The summed E-state index contributed by atoms with van der Waals surface area (Å²) in [6, 6.07) is 16.2. The standard InChI is InChI=1S/C20H21N3OS2/c21-14-7-5-13(6-8-14)12-26-20(25)23-10-19-17(9-15(23)11-24)16-3-1-2-4-18(16)22-19/h1-8,15,22,24H,9-12,21H2/t15-/m0/s1. The van der Waals surface area contributed by atoms with E-state index in [9.17, 15) is 5.11 Å². The monoisotopic (exact) mass is 383 g/mol. The van der Waals surface area contributed by atoms with Gasteiger partial charge in [-0.3, -0.25) is 0 Å². The van der Waals surface area contributed by atoms with Crippen LogP contribution in [0.2, 0.25) is 0 Å². The number of nitrogen functional groups attached to an aromatic ring is 1. The number of aromatic amines is 1. The smallest absolute Gasteiger partial charge is 0.137 e. The second-order valence-electron chi connectivity index (χ2n) is 6.59. The van der Waals surface area contributed by atoms with Gasteiger partial charge in [0.05, 0.1) is 19.2 Å². The molecule has 1 atom stereocenters. The van der Waals surface area contributed by atoms with Gasteiger partial charge in [-0.15, -0.1) is 0 Å². The van der Waals surface area contributed by atoms with Gasteiger partial charge in [0.2, 0.25) is 0 Å². The van der Waals surface area contributed by atoms with Gasteiger partial charge in [0, 0.05) is 28.0 Å². The Labute approximate surface area is 162 Å². The van der Waals surface area contributed by atoms with Crippen LogP contribution in [0.15, 0.2) is 48.5 Å². The number of aliphatic hydroxyl groups is 1. The highest BCUT2D eigenvalue weighted by Gasteiger charge is 2.30. The van der Waals surface area contributed by atoms with Gasteiger partial charge in [-0.1, -0.05) is 54.3 Å². The van der Waals surface area contributed by atoms with Gasteiger partial charge in [0.1, 0.15) is 4.32 Å². The highest BCUT2D eigenvalue weighted by Crippen LogP contribution is 2.32. The van der Waals surface area contributed by atoms with Crippen molar-refractivity contribution in [1.82, 2.24) is 9.88 Å². The molecule has 1 aliphatic heterocycles. The van der Waals surface area contributed by atoms with Crippen LogP contribution >= 0.6 is 24.0 Å². The number of thioether (sulfide) groups is 1. The van der Waals surface area contributed by atoms with E-state index in [1.807, 2.05) is 30.3 Å². The predicted octanol–water partition coefficient (Wildman–Crippen LogP) is 3.69. The molecular formula is C20H21N3OS2. The van der Waals surface area contributed by atoms with E-state index in [0.717, 1.165) is 27.7 Å². The summed E-state index contributed by atoms with van der Waals surface area (Å²) in [6.07, 6.45) is 0.804. The Hall–Kier alpha value is -2.02. The van der Waals surface area contributed by atoms with E-state index in [-0.39, 0.29) is 12.6 Å². The number of nitrogens with one attached hydrogen (secondary N) is 1. The molecule has 0 saturated heterocycles. The molecule has 134 valence electrons. The molecule has 1 aromatic heterocycles. The zero-order valence-corrected chi connectivity index (χ0v) is 15.9. The molecule has 0 fully saturated rings. The lowest BCUT2D eigenvalue weighted by Crippen LogP contribution is -2.44. The van der Waals surface area contributed by atoms with Crippen molar-refractivity contribution in [3.8, 4) is 0 Å². The van der Waals surface area contributed by atoms with Gasteiger partial charge >= 0.3 is 0 Å². The average Bonchev–Trinajstić information content (AvgIpc) is 3.03. The minimum absolute atomic E-state index is 0.0214. The Morgan fingerprint density at radius 1 is 1.23 bits per heavy atom. The van der Waals surface area contributed by atoms with Crippen LogP contribution in [-0.4, -0.2) is 32.0 Å². The van der Waals surface area contributed by atoms with Crippen LogP contribution < -0.4 is 5.73 Å². The van der Waals surface area contributed by atoms with Crippen LogP contribution in [0.1, 0.15) is 16.8 Å². The van der Waals surface area contributed by atoms with E-state index in [0.29, 0.717) is 6.54 Å². The number of rotatable bonds is 3. The summed E-state index contributed by atoms with van der Waals surface area (Å²) in [7, 11) is 0. The van der Waals surface area contributed by atoms with Crippen molar-refractivity contribution < 1.29 is 5.11 Å². The minimum atomic E-state index is 0.0214. The number of hydrogen-bond acceptors (Lipinski definition) is 4. The van der Waals surface area contributed by atoms with Crippen molar-refractivity contribution in [2.75, 3.05) is 12.3 Å². The van der Waals surface area contributed by atoms with E-state index in [1.54, 1.807) is 11.8 Å². The molecule has 2 aromatic carbocycles. The molecule has 6 heteroatoms. The Morgan fingerprint density at radius 2 is 2.00 bits per heavy atom. The SMILES string of the molecule is Nc1ccc(CSC(=S)N2Cc3[nH]c4ccccc4c3C[C@H]2CO)cc1. The van der Waals surface area contributed by atoms with Gasteiger partial charge in [-0.25, -0.2) is 0 Å². The van der Waals surface area contributed by atoms with Crippen LogP contribution in [0, 0.1) is 0 Å². The fourth-order valence-electron chi connectivity index (χ4n) is 3.49. The fourth-order valence-corrected chi connectivity index (χ4v) is 4.74. The normalized spacial score (nSPS) is 16.7. The molecule has 4 rings (SSSR count). The van der Waals surface area contributed by atoms with Crippen LogP contribution in [0.3, 0.4) is 0 Å².